The van der Waals surface area contributed by atoms with E-state index in [1.165, 1.54) is 11.9 Å². The van der Waals surface area contributed by atoms with Gasteiger partial charge in [0.1, 0.15) is 0 Å². The second kappa shape index (κ2) is 2.17. The topological polar surface area (TPSA) is 66.8 Å². The Labute approximate surface area is 57.2 Å². The molecular weight excluding hydrogens is 138 g/mol. The van der Waals surface area contributed by atoms with Crippen LogP contribution >= 0.6 is 0 Å². The molecule has 56 valence electrons. The Morgan fingerprint density at radius 2 is 2.50 bits per heavy atom. The summed E-state index contributed by atoms with van der Waals surface area (Å²) in [6.45, 7) is 0.133. The number of carbonyl (C=O) groups excluding carboxylic acids is 1. The maximum atomic E-state index is 10.5. The Kier molecular flexibility index (Phi) is 1.48. The number of rotatable bonds is 1. The predicted molar refractivity (Wildman–Crippen MR) is 30.5 cm³/mol. The van der Waals surface area contributed by atoms with Gasteiger partial charge in [-0.05, 0) is 0 Å². The van der Waals surface area contributed by atoms with E-state index in [2.05, 4.69) is 4.74 Å². The first kappa shape index (κ1) is 6.85. The number of carbonyl (C=O) groups is 2. The summed E-state index contributed by atoms with van der Waals surface area (Å²) in [5, 5.41) is 8.34. The van der Waals surface area contributed by atoms with E-state index in [4.69, 9.17) is 5.11 Å². The van der Waals surface area contributed by atoms with Crippen LogP contribution in [0.2, 0.25) is 0 Å². The van der Waals surface area contributed by atoms with Gasteiger partial charge in [0.25, 0.3) is 0 Å². The van der Waals surface area contributed by atoms with Crippen LogP contribution in [-0.2, 0) is 9.53 Å². The van der Waals surface area contributed by atoms with Crippen LogP contribution in [0.5, 0.6) is 0 Å². The van der Waals surface area contributed by atoms with Gasteiger partial charge in [-0.15, -0.1) is 0 Å². The molecule has 0 unspecified atom stereocenters. The SMILES string of the molecule is CN1C[C@@H](C(=O)O)OC1=O. The van der Waals surface area contributed by atoms with Gasteiger partial charge >= 0.3 is 12.1 Å². The molecule has 1 amide bonds. The van der Waals surface area contributed by atoms with Crippen LogP contribution in [0.25, 0.3) is 0 Å². The molecule has 1 rings (SSSR count). The molecule has 10 heavy (non-hydrogen) atoms. The molecule has 0 saturated carbocycles. The summed E-state index contributed by atoms with van der Waals surface area (Å²) in [5.74, 6) is -1.10. The van der Waals surface area contributed by atoms with Crippen LogP contribution in [0.1, 0.15) is 0 Å². The highest BCUT2D eigenvalue weighted by Gasteiger charge is 2.33. The number of likely N-dealkylation sites (N-methyl/N-ethyl adjacent to an activating group) is 1. The maximum absolute atomic E-state index is 10.5. The van der Waals surface area contributed by atoms with Crippen molar-refractivity contribution in [2.75, 3.05) is 13.6 Å². The number of hydrogen-bond donors (Lipinski definition) is 1. The van der Waals surface area contributed by atoms with E-state index in [-0.39, 0.29) is 6.54 Å². The van der Waals surface area contributed by atoms with E-state index in [9.17, 15) is 9.59 Å². The maximum Gasteiger partial charge on any atom is 0.410 e. The number of aliphatic carboxylic acids is 1. The monoisotopic (exact) mass is 145 g/mol. The van der Waals surface area contributed by atoms with Crippen molar-refractivity contribution in [3.05, 3.63) is 0 Å². The lowest BCUT2D eigenvalue weighted by atomic mass is 10.4. The molecular formula is C5H7NO4. The zero-order valence-electron chi connectivity index (χ0n) is 5.40. The predicted octanol–water partition coefficient (Wildman–Crippen LogP) is -0.478. The van der Waals surface area contributed by atoms with Crippen LogP contribution in [0.3, 0.4) is 0 Å². The van der Waals surface area contributed by atoms with Gasteiger partial charge in [0, 0.05) is 7.05 Å². The van der Waals surface area contributed by atoms with Crippen LogP contribution in [0.15, 0.2) is 0 Å². The molecule has 1 fully saturated rings. The fourth-order valence-corrected chi connectivity index (χ4v) is 0.701. The minimum Gasteiger partial charge on any atom is -0.478 e. The Morgan fingerprint density at radius 3 is 2.70 bits per heavy atom. The highest BCUT2D eigenvalue weighted by atomic mass is 16.6. The lowest BCUT2D eigenvalue weighted by Gasteiger charge is -1.99. The molecule has 5 heteroatoms. The molecule has 0 aromatic carbocycles. The third kappa shape index (κ3) is 1.02. The number of amides is 1. The van der Waals surface area contributed by atoms with Crippen molar-refractivity contribution < 1.29 is 19.4 Å². The van der Waals surface area contributed by atoms with Crippen LogP contribution in [-0.4, -0.2) is 41.8 Å². The third-order valence-corrected chi connectivity index (χ3v) is 1.27. The molecule has 1 atom stereocenters. The van der Waals surface area contributed by atoms with Gasteiger partial charge in [-0.25, -0.2) is 9.59 Å². The van der Waals surface area contributed by atoms with E-state index < -0.39 is 18.2 Å². The van der Waals surface area contributed by atoms with Crippen molar-refractivity contribution in [1.29, 1.82) is 0 Å². The molecule has 0 radical (unpaired) electrons. The fourth-order valence-electron chi connectivity index (χ4n) is 0.701. The van der Waals surface area contributed by atoms with Crippen molar-refractivity contribution in [3.8, 4) is 0 Å². The summed E-state index contributed by atoms with van der Waals surface area (Å²) in [4.78, 5) is 21.9. The van der Waals surface area contributed by atoms with Crippen molar-refractivity contribution in [2.24, 2.45) is 0 Å². The first-order valence-corrected chi connectivity index (χ1v) is 2.76. The largest absolute Gasteiger partial charge is 0.478 e. The van der Waals surface area contributed by atoms with Gasteiger partial charge in [-0.3, -0.25) is 0 Å². The Hall–Kier alpha value is -1.26. The molecule has 1 saturated heterocycles. The number of carboxylic acids is 1. The first-order valence-electron chi connectivity index (χ1n) is 2.76. The highest BCUT2D eigenvalue weighted by Crippen LogP contribution is 2.07. The van der Waals surface area contributed by atoms with E-state index in [0.717, 1.165) is 0 Å². The summed E-state index contributed by atoms with van der Waals surface area (Å²) < 4.78 is 4.42. The minimum atomic E-state index is -1.10. The number of hydrogen-bond acceptors (Lipinski definition) is 3. The summed E-state index contributed by atoms with van der Waals surface area (Å²) in [7, 11) is 1.49. The quantitative estimate of drug-likeness (QED) is 0.541. The number of ether oxygens (including phenoxy) is 1. The van der Waals surface area contributed by atoms with Crippen molar-refractivity contribution >= 4 is 12.1 Å². The number of carboxylic acid groups (broad SMARTS) is 1. The molecule has 1 aliphatic heterocycles. The van der Waals surface area contributed by atoms with E-state index >= 15 is 0 Å². The number of nitrogens with zero attached hydrogens (tertiary/aromatic N) is 1. The van der Waals surface area contributed by atoms with Gasteiger partial charge in [-0.1, -0.05) is 0 Å². The lowest BCUT2D eigenvalue weighted by molar-refractivity contribution is -0.144. The van der Waals surface area contributed by atoms with Gasteiger partial charge in [0.2, 0.25) is 6.10 Å². The molecule has 1 aliphatic rings. The van der Waals surface area contributed by atoms with E-state index in [0.29, 0.717) is 0 Å². The van der Waals surface area contributed by atoms with Gasteiger partial charge in [0.05, 0.1) is 6.54 Å². The van der Waals surface area contributed by atoms with Gasteiger partial charge in [-0.2, -0.15) is 0 Å². The molecule has 1 heterocycles. The molecule has 0 aromatic rings. The second-order valence-electron chi connectivity index (χ2n) is 2.09. The molecule has 5 nitrogen and oxygen atoms in total. The summed E-state index contributed by atoms with van der Waals surface area (Å²) >= 11 is 0. The normalized spacial score (nSPS) is 24.7. The summed E-state index contributed by atoms with van der Waals surface area (Å²) in [6, 6.07) is 0. The third-order valence-electron chi connectivity index (χ3n) is 1.27. The van der Waals surface area contributed by atoms with Gasteiger partial charge < -0.3 is 14.7 Å². The Morgan fingerprint density at radius 1 is 1.90 bits per heavy atom. The number of cyclic esters (lactones) is 1. The zero-order valence-corrected chi connectivity index (χ0v) is 5.40. The molecule has 0 spiro atoms. The minimum absolute atomic E-state index is 0.133. The summed E-state index contributed by atoms with van der Waals surface area (Å²) in [6.07, 6.45) is -1.56. The standard InChI is InChI=1S/C5H7NO4/c1-6-2-3(4(7)8)10-5(6)9/h3H,2H2,1H3,(H,7,8)/t3-/m0/s1. The van der Waals surface area contributed by atoms with Crippen LogP contribution in [0, 0.1) is 0 Å². The molecule has 0 bridgehead atoms. The van der Waals surface area contributed by atoms with Crippen LogP contribution < -0.4 is 0 Å². The Balaban J connectivity index is 2.57. The average Bonchev–Trinajstić information content (AvgIpc) is 2.13. The first-order chi connectivity index (χ1) is 4.61. The second-order valence-corrected chi connectivity index (χ2v) is 2.09. The van der Waals surface area contributed by atoms with Crippen molar-refractivity contribution in [3.63, 3.8) is 0 Å². The average molecular weight is 145 g/mol. The molecule has 0 aliphatic carbocycles. The Bertz CT molecular complexity index is 178. The lowest BCUT2D eigenvalue weighted by Crippen LogP contribution is -2.24. The highest BCUT2D eigenvalue weighted by molar-refractivity contribution is 5.80. The summed E-state index contributed by atoms with van der Waals surface area (Å²) in [5.41, 5.74) is 0. The molecule has 0 aromatic heterocycles. The fraction of sp³-hybridized carbons (Fsp3) is 0.600. The van der Waals surface area contributed by atoms with Crippen molar-refractivity contribution in [2.45, 2.75) is 6.10 Å². The zero-order chi connectivity index (χ0) is 7.72. The smallest absolute Gasteiger partial charge is 0.410 e. The van der Waals surface area contributed by atoms with E-state index in [1.807, 2.05) is 0 Å². The van der Waals surface area contributed by atoms with Crippen LogP contribution in [0.4, 0.5) is 4.79 Å². The van der Waals surface area contributed by atoms with Gasteiger partial charge in [0.15, 0.2) is 0 Å². The molecule has 1 N–H and O–H groups in total. The van der Waals surface area contributed by atoms with Crippen molar-refractivity contribution in [1.82, 2.24) is 4.90 Å². The van der Waals surface area contributed by atoms with E-state index in [1.54, 1.807) is 0 Å².